The summed E-state index contributed by atoms with van der Waals surface area (Å²) in [4.78, 5) is 11.9. The number of carbonyl (C=O) groups is 1. The van der Waals surface area contributed by atoms with Gasteiger partial charge in [-0.05, 0) is 59.9 Å². The third-order valence-electron chi connectivity index (χ3n) is 2.90. The molecule has 1 aromatic rings. The second kappa shape index (κ2) is 5.14. The normalized spacial score (nSPS) is 19.4. The Morgan fingerprint density at radius 3 is 3.00 bits per heavy atom. The zero-order valence-electron chi connectivity index (χ0n) is 9.52. The van der Waals surface area contributed by atoms with Crippen LogP contribution in [0.4, 0.5) is 10.1 Å². The highest BCUT2D eigenvalue weighted by Gasteiger charge is 2.22. The van der Waals surface area contributed by atoms with Gasteiger partial charge in [0.1, 0.15) is 5.82 Å². The van der Waals surface area contributed by atoms with Gasteiger partial charge < -0.3 is 10.6 Å². The van der Waals surface area contributed by atoms with E-state index in [9.17, 15) is 9.18 Å². The second-order valence-corrected chi connectivity index (χ2v) is 5.07. The summed E-state index contributed by atoms with van der Waals surface area (Å²) in [6.45, 7) is 2.70. The molecule has 3 nitrogen and oxygen atoms in total. The molecule has 1 heterocycles. The number of hydrogen-bond donors (Lipinski definition) is 2. The number of hydrogen-bond acceptors (Lipinski definition) is 2. The third kappa shape index (κ3) is 2.84. The van der Waals surface area contributed by atoms with Crippen LogP contribution in [0.1, 0.15) is 18.4 Å². The molecule has 1 aliphatic rings. The molecule has 1 atom stereocenters. The fourth-order valence-electron chi connectivity index (χ4n) is 1.91. The lowest BCUT2D eigenvalue weighted by Gasteiger charge is -2.13. The number of aryl methyl sites for hydroxylation is 1. The SMILES string of the molecule is Cc1cc(Br)c(F)cc1NC(=O)[C@@H]1CCCN1. The lowest BCUT2D eigenvalue weighted by atomic mass is 10.1. The van der Waals surface area contributed by atoms with Crippen LogP contribution >= 0.6 is 15.9 Å². The molecular weight excluding hydrogens is 287 g/mol. The first-order valence-electron chi connectivity index (χ1n) is 5.58. The van der Waals surface area contributed by atoms with E-state index in [1.54, 1.807) is 6.07 Å². The van der Waals surface area contributed by atoms with Crippen molar-refractivity contribution in [2.24, 2.45) is 0 Å². The van der Waals surface area contributed by atoms with Gasteiger partial charge in [0.25, 0.3) is 0 Å². The molecule has 0 aromatic heterocycles. The molecule has 2 rings (SSSR count). The van der Waals surface area contributed by atoms with Gasteiger partial charge in [-0.25, -0.2) is 4.39 Å². The summed E-state index contributed by atoms with van der Waals surface area (Å²) in [5.74, 6) is -0.461. The monoisotopic (exact) mass is 300 g/mol. The molecule has 1 saturated heterocycles. The van der Waals surface area contributed by atoms with Gasteiger partial charge >= 0.3 is 0 Å². The van der Waals surface area contributed by atoms with E-state index in [1.165, 1.54) is 6.07 Å². The van der Waals surface area contributed by atoms with Crippen molar-refractivity contribution < 1.29 is 9.18 Å². The van der Waals surface area contributed by atoms with Gasteiger partial charge in [-0.1, -0.05) is 0 Å². The van der Waals surface area contributed by atoms with Crippen LogP contribution in [0.15, 0.2) is 16.6 Å². The number of anilines is 1. The minimum absolute atomic E-state index is 0.0904. The van der Waals surface area contributed by atoms with E-state index < -0.39 is 0 Å². The molecule has 1 aromatic carbocycles. The van der Waals surface area contributed by atoms with Crippen LogP contribution < -0.4 is 10.6 Å². The molecule has 17 heavy (non-hydrogen) atoms. The Kier molecular flexibility index (Phi) is 3.79. The zero-order valence-corrected chi connectivity index (χ0v) is 11.1. The smallest absolute Gasteiger partial charge is 0.241 e. The van der Waals surface area contributed by atoms with Crippen LogP contribution in [0.25, 0.3) is 0 Å². The van der Waals surface area contributed by atoms with Gasteiger partial charge in [0, 0.05) is 5.69 Å². The van der Waals surface area contributed by atoms with Crippen molar-refractivity contribution in [3.05, 3.63) is 28.0 Å². The minimum atomic E-state index is -0.370. The van der Waals surface area contributed by atoms with Gasteiger partial charge in [0.05, 0.1) is 10.5 Å². The van der Waals surface area contributed by atoms with Gasteiger partial charge in [-0.15, -0.1) is 0 Å². The molecular formula is C12H14BrFN2O. The Hall–Kier alpha value is -0.940. The molecule has 0 spiro atoms. The van der Waals surface area contributed by atoms with Crippen molar-refractivity contribution in [1.82, 2.24) is 5.32 Å². The fourth-order valence-corrected chi connectivity index (χ4v) is 2.37. The van der Waals surface area contributed by atoms with Crippen LogP contribution in [0.2, 0.25) is 0 Å². The summed E-state index contributed by atoms with van der Waals surface area (Å²) in [7, 11) is 0. The number of rotatable bonds is 2. The van der Waals surface area contributed by atoms with E-state index in [-0.39, 0.29) is 17.8 Å². The Balaban J connectivity index is 2.12. The van der Waals surface area contributed by atoms with E-state index in [0.717, 1.165) is 24.9 Å². The summed E-state index contributed by atoms with van der Waals surface area (Å²) in [6, 6.07) is 2.85. The number of amides is 1. The Bertz CT molecular complexity index is 444. The maximum Gasteiger partial charge on any atom is 0.241 e. The van der Waals surface area contributed by atoms with Crippen molar-refractivity contribution in [2.45, 2.75) is 25.8 Å². The molecule has 1 fully saturated rings. The van der Waals surface area contributed by atoms with Crippen molar-refractivity contribution in [1.29, 1.82) is 0 Å². The lowest BCUT2D eigenvalue weighted by Crippen LogP contribution is -2.35. The summed E-state index contributed by atoms with van der Waals surface area (Å²) >= 11 is 3.11. The second-order valence-electron chi connectivity index (χ2n) is 4.22. The zero-order chi connectivity index (χ0) is 12.4. The molecule has 0 saturated carbocycles. The molecule has 1 amide bonds. The largest absolute Gasteiger partial charge is 0.324 e. The molecule has 0 bridgehead atoms. The highest BCUT2D eigenvalue weighted by molar-refractivity contribution is 9.10. The highest BCUT2D eigenvalue weighted by Crippen LogP contribution is 2.24. The average Bonchev–Trinajstić information content (AvgIpc) is 2.79. The van der Waals surface area contributed by atoms with Crippen LogP contribution in [0, 0.1) is 12.7 Å². The van der Waals surface area contributed by atoms with Crippen LogP contribution in [0.5, 0.6) is 0 Å². The number of carbonyl (C=O) groups excluding carboxylic acids is 1. The Morgan fingerprint density at radius 1 is 1.59 bits per heavy atom. The molecule has 2 N–H and O–H groups in total. The third-order valence-corrected chi connectivity index (χ3v) is 3.51. The summed E-state index contributed by atoms with van der Waals surface area (Å²) in [6.07, 6.45) is 1.84. The van der Waals surface area contributed by atoms with E-state index >= 15 is 0 Å². The van der Waals surface area contributed by atoms with Crippen molar-refractivity contribution in [3.63, 3.8) is 0 Å². The van der Waals surface area contributed by atoms with Crippen LogP contribution in [0.3, 0.4) is 0 Å². The van der Waals surface area contributed by atoms with Gasteiger partial charge in [0.15, 0.2) is 0 Å². The molecule has 5 heteroatoms. The molecule has 0 aliphatic carbocycles. The van der Waals surface area contributed by atoms with Crippen molar-refractivity contribution in [3.8, 4) is 0 Å². The first kappa shape index (κ1) is 12.5. The lowest BCUT2D eigenvalue weighted by molar-refractivity contribution is -0.117. The summed E-state index contributed by atoms with van der Waals surface area (Å²) in [5.41, 5.74) is 1.37. The minimum Gasteiger partial charge on any atom is -0.324 e. The standard InChI is InChI=1S/C12H14BrFN2O/c1-7-5-8(13)9(14)6-11(7)16-12(17)10-3-2-4-15-10/h5-6,10,15H,2-4H2,1H3,(H,16,17)/t10-/m0/s1. The number of nitrogens with one attached hydrogen (secondary N) is 2. The van der Waals surface area contributed by atoms with Gasteiger partial charge in [-0.2, -0.15) is 0 Å². The van der Waals surface area contributed by atoms with E-state index in [2.05, 4.69) is 26.6 Å². The number of benzene rings is 1. The average molecular weight is 301 g/mol. The highest BCUT2D eigenvalue weighted by atomic mass is 79.9. The summed E-state index contributed by atoms with van der Waals surface area (Å²) in [5, 5.41) is 5.86. The van der Waals surface area contributed by atoms with Crippen LogP contribution in [-0.2, 0) is 4.79 Å². The summed E-state index contributed by atoms with van der Waals surface area (Å²) < 4.78 is 13.8. The van der Waals surface area contributed by atoms with Gasteiger partial charge in [-0.3, -0.25) is 4.79 Å². The maximum absolute atomic E-state index is 13.4. The first-order chi connectivity index (χ1) is 8.08. The first-order valence-corrected chi connectivity index (χ1v) is 6.37. The Morgan fingerprint density at radius 2 is 2.35 bits per heavy atom. The number of halogens is 2. The predicted molar refractivity (Wildman–Crippen MR) is 68.5 cm³/mol. The molecule has 0 unspecified atom stereocenters. The maximum atomic E-state index is 13.4. The van der Waals surface area contributed by atoms with Gasteiger partial charge in [0.2, 0.25) is 5.91 Å². The Labute approximate surface area is 108 Å². The molecule has 0 radical (unpaired) electrons. The van der Waals surface area contributed by atoms with Crippen molar-refractivity contribution in [2.75, 3.05) is 11.9 Å². The topological polar surface area (TPSA) is 41.1 Å². The van der Waals surface area contributed by atoms with E-state index in [4.69, 9.17) is 0 Å². The fraction of sp³-hybridized carbons (Fsp3) is 0.417. The quantitative estimate of drug-likeness (QED) is 0.881. The molecule has 1 aliphatic heterocycles. The predicted octanol–water partition coefficient (Wildman–Crippen LogP) is 2.59. The van der Waals surface area contributed by atoms with Crippen molar-refractivity contribution >= 4 is 27.5 Å². The van der Waals surface area contributed by atoms with Crippen LogP contribution in [-0.4, -0.2) is 18.5 Å². The van der Waals surface area contributed by atoms with E-state index in [0.29, 0.717) is 10.2 Å². The van der Waals surface area contributed by atoms with E-state index in [1.807, 2.05) is 6.92 Å². The molecule has 92 valence electrons.